The lowest BCUT2D eigenvalue weighted by Gasteiger charge is -2.01. The number of benzene rings is 1. The zero-order valence-electron chi connectivity index (χ0n) is 10.9. The highest BCUT2D eigenvalue weighted by atomic mass is 35.5. The van der Waals surface area contributed by atoms with Crippen LogP contribution in [0.15, 0.2) is 53.3 Å². The second-order valence-electron chi connectivity index (χ2n) is 4.50. The van der Waals surface area contributed by atoms with Crippen LogP contribution in [-0.2, 0) is 6.54 Å². The molecule has 0 amide bonds. The van der Waals surface area contributed by atoms with Gasteiger partial charge >= 0.3 is 5.97 Å². The third-order valence-corrected chi connectivity index (χ3v) is 3.26. The lowest BCUT2D eigenvalue weighted by Crippen LogP contribution is -2.00. The summed E-state index contributed by atoms with van der Waals surface area (Å²) in [6, 6.07) is 10.7. The van der Waals surface area contributed by atoms with E-state index in [1.807, 2.05) is 12.1 Å². The molecule has 3 rings (SSSR count). The Balaban J connectivity index is 1.95. The average molecular weight is 303 g/mol. The summed E-state index contributed by atoms with van der Waals surface area (Å²) in [6.45, 7) is 0.457. The maximum Gasteiger partial charge on any atom is 0.339 e. The van der Waals surface area contributed by atoms with E-state index >= 15 is 0 Å². The summed E-state index contributed by atoms with van der Waals surface area (Å²) in [7, 11) is 0. The molecule has 2 aromatic heterocycles. The minimum absolute atomic E-state index is 0.110. The molecule has 2 heterocycles. The third-order valence-electron chi connectivity index (χ3n) is 3.00. The average Bonchev–Trinajstić information content (AvgIpc) is 3.10. The maximum absolute atomic E-state index is 11.3. The van der Waals surface area contributed by atoms with Crippen LogP contribution in [0.4, 0.5) is 0 Å². The summed E-state index contributed by atoms with van der Waals surface area (Å²) in [5, 5.41) is 14.2. The van der Waals surface area contributed by atoms with E-state index in [2.05, 4.69) is 5.10 Å². The Morgan fingerprint density at radius 1 is 1.29 bits per heavy atom. The van der Waals surface area contributed by atoms with Gasteiger partial charge in [-0.2, -0.15) is 5.10 Å². The van der Waals surface area contributed by atoms with Gasteiger partial charge in [-0.25, -0.2) is 4.79 Å². The molecule has 0 aliphatic rings. The fraction of sp³-hybridized carbons (Fsp3) is 0.0667. The number of carbonyl (C=O) groups is 1. The van der Waals surface area contributed by atoms with Crippen LogP contribution in [0.3, 0.4) is 0 Å². The first-order valence-electron chi connectivity index (χ1n) is 6.22. The Morgan fingerprint density at radius 2 is 2.05 bits per heavy atom. The number of carboxylic acids is 1. The number of rotatable bonds is 4. The summed E-state index contributed by atoms with van der Waals surface area (Å²) in [4.78, 5) is 11.3. The van der Waals surface area contributed by atoms with Crippen molar-refractivity contribution >= 4 is 17.6 Å². The molecule has 0 atom stereocenters. The van der Waals surface area contributed by atoms with Crippen LogP contribution < -0.4 is 0 Å². The molecule has 106 valence electrons. The molecule has 0 saturated carbocycles. The standard InChI is InChI=1S/C15H11ClN2O3/c16-11-5-3-10(4-6-11)8-18-9-12(15(19)20)14(17-18)13-2-1-7-21-13/h1-7,9H,8H2,(H,19,20). The van der Waals surface area contributed by atoms with Crippen molar-refractivity contribution in [2.45, 2.75) is 6.54 Å². The molecule has 0 fully saturated rings. The van der Waals surface area contributed by atoms with Crippen molar-refractivity contribution in [1.29, 1.82) is 0 Å². The monoisotopic (exact) mass is 302 g/mol. The van der Waals surface area contributed by atoms with Crippen molar-refractivity contribution in [1.82, 2.24) is 9.78 Å². The first-order valence-corrected chi connectivity index (χ1v) is 6.60. The van der Waals surface area contributed by atoms with E-state index in [1.54, 1.807) is 28.9 Å². The normalized spacial score (nSPS) is 10.7. The molecule has 1 aromatic carbocycles. The van der Waals surface area contributed by atoms with Crippen LogP contribution >= 0.6 is 11.6 Å². The van der Waals surface area contributed by atoms with E-state index in [4.69, 9.17) is 16.0 Å². The molecule has 1 N–H and O–H groups in total. The van der Waals surface area contributed by atoms with Crippen molar-refractivity contribution in [3.05, 3.63) is 65.0 Å². The Kier molecular flexibility index (Phi) is 3.50. The van der Waals surface area contributed by atoms with Gasteiger partial charge in [0.05, 0.1) is 12.8 Å². The maximum atomic E-state index is 11.3. The molecule has 3 aromatic rings. The Morgan fingerprint density at radius 3 is 2.67 bits per heavy atom. The smallest absolute Gasteiger partial charge is 0.339 e. The van der Waals surface area contributed by atoms with Crippen molar-refractivity contribution in [2.75, 3.05) is 0 Å². The molecule has 0 radical (unpaired) electrons. The molecular weight excluding hydrogens is 292 g/mol. The van der Waals surface area contributed by atoms with E-state index < -0.39 is 5.97 Å². The highest BCUT2D eigenvalue weighted by molar-refractivity contribution is 6.30. The minimum atomic E-state index is -1.04. The summed E-state index contributed by atoms with van der Waals surface area (Å²) < 4.78 is 6.81. The molecule has 0 unspecified atom stereocenters. The molecule has 0 saturated heterocycles. The predicted octanol–water partition coefficient (Wildman–Crippen LogP) is 3.54. The molecule has 0 aliphatic carbocycles. The lowest BCUT2D eigenvalue weighted by molar-refractivity contribution is 0.0697. The van der Waals surface area contributed by atoms with Crippen LogP contribution in [0, 0.1) is 0 Å². The fourth-order valence-electron chi connectivity index (χ4n) is 2.03. The molecule has 6 heteroatoms. The van der Waals surface area contributed by atoms with Crippen LogP contribution in [0.1, 0.15) is 15.9 Å². The number of hydrogen-bond donors (Lipinski definition) is 1. The van der Waals surface area contributed by atoms with E-state index in [-0.39, 0.29) is 5.56 Å². The number of hydrogen-bond acceptors (Lipinski definition) is 3. The van der Waals surface area contributed by atoms with Gasteiger partial charge in [0.2, 0.25) is 0 Å². The SMILES string of the molecule is O=C(O)c1cn(Cc2ccc(Cl)cc2)nc1-c1ccco1. The van der Waals surface area contributed by atoms with E-state index in [0.29, 0.717) is 23.0 Å². The zero-order chi connectivity index (χ0) is 14.8. The first-order chi connectivity index (χ1) is 10.1. The van der Waals surface area contributed by atoms with Crippen molar-refractivity contribution in [3.8, 4) is 11.5 Å². The van der Waals surface area contributed by atoms with Crippen molar-refractivity contribution in [2.24, 2.45) is 0 Å². The second kappa shape index (κ2) is 5.46. The fourth-order valence-corrected chi connectivity index (χ4v) is 2.16. The lowest BCUT2D eigenvalue weighted by atomic mass is 10.2. The molecular formula is C15H11ClN2O3. The van der Waals surface area contributed by atoms with Crippen LogP contribution in [-0.4, -0.2) is 20.9 Å². The van der Waals surface area contributed by atoms with Gasteiger partial charge in [-0.05, 0) is 29.8 Å². The highest BCUT2D eigenvalue weighted by Gasteiger charge is 2.19. The van der Waals surface area contributed by atoms with E-state index in [0.717, 1.165) is 5.56 Å². The van der Waals surface area contributed by atoms with Gasteiger partial charge < -0.3 is 9.52 Å². The second-order valence-corrected chi connectivity index (χ2v) is 4.93. The van der Waals surface area contributed by atoms with Crippen molar-refractivity contribution in [3.63, 3.8) is 0 Å². The van der Waals surface area contributed by atoms with E-state index in [9.17, 15) is 9.90 Å². The molecule has 0 spiro atoms. The van der Waals surface area contributed by atoms with Gasteiger partial charge in [0.25, 0.3) is 0 Å². The van der Waals surface area contributed by atoms with Gasteiger partial charge in [-0.3, -0.25) is 4.68 Å². The molecule has 5 nitrogen and oxygen atoms in total. The third kappa shape index (κ3) is 2.83. The van der Waals surface area contributed by atoms with Crippen LogP contribution in [0.5, 0.6) is 0 Å². The Bertz CT molecular complexity index is 761. The topological polar surface area (TPSA) is 68.3 Å². The molecule has 0 aliphatic heterocycles. The number of aromatic carboxylic acids is 1. The quantitative estimate of drug-likeness (QED) is 0.800. The van der Waals surface area contributed by atoms with Crippen LogP contribution in [0.25, 0.3) is 11.5 Å². The van der Waals surface area contributed by atoms with Gasteiger partial charge in [0.15, 0.2) is 5.76 Å². The molecule has 0 bridgehead atoms. The summed E-state index contributed by atoms with van der Waals surface area (Å²) in [6.07, 6.45) is 2.98. The number of aromatic nitrogens is 2. The Hall–Kier alpha value is -2.53. The highest BCUT2D eigenvalue weighted by Crippen LogP contribution is 2.23. The predicted molar refractivity (Wildman–Crippen MR) is 77.4 cm³/mol. The molecule has 21 heavy (non-hydrogen) atoms. The summed E-state index contributed by atoms with van der Waals surface area (Å²) in [5.74, 6) is -0.606. The first kappa shape index (κ1) is 13.5. The number of halogens is 1. The summed E-state index contributed by atoms with van der Waals surface area (Å²) in [5.41, 5.74) is 1.41. The minimum Gasteiger partial charge on any atom is -0.478 e. The number of nitrogens with zero attached hydrogens (tertiary/aromatic N) is 2. The van der Waals surface area contributed by atoms with Gasteiger partial charge in [-0.15, -0.1) is 0 Å². The van der Waals surface area contributed by atoms with Gasteiger partial charge in [-0.1, -0.05) is 23.7 Å². The van der Waals surface area contributed by atoms with Crippen LogP contribution in [0.2, 0.25) is 5.02 Å². The zero-order valence-corrected chi connectivity index (χ0v) is 11.6. The number of carboxylic acid groups (broad SMARTS) is 1. The Labute approximate surface area is 125 Å². The van der Waals surface area contributed by atoms with Crippen molar-refractivity contribution < 1.29 is 14.3 Å². The number of furan rings is 1. The summed E-state index contributed by atoms with van der Waals surface area (Å²) >= 11 is 5.84. The largest absolute Gasteiger partial charge is 0.478 e. The van der Waals surface area contributed by atoms with E-state index in [1.165, 1.54) is 12.5 Å². The van der Waals surface area contributed by atoms with Gasteiger partial charge in [0, 0.05) is 11.2 Å². The van der Waals surface area contributed by atoms with Gasteiger partial charge in [0.1, 0.15) is 11.3 Å².